The van der Waals surface area contributed by atoms with E-state index >= 15 is 0 Å². The molecule has 3 nitrogen and oxygen atoms in total. The van der Waals surface area contributed by atoms with Crippen LogP contribution in [0.3, 0.4) is 0 Å². The fourth-order valence-electron chi connectivity index (χ4n) is 3.23. The van der Waals surface area contributed by atoms with Gasteiger partial charge in [0, 0.05) is 5.92 Å². The average molecular weight is 212 g/mol. The van der Waals surface area contributed by atoms with E-state index in [9.17, 15) is 4.79 Å². The number of ether oxygens (including phenoxy) is 2. The summed E-state index contributed by atoms with van der Waals surface area (Å²) in [5.74, 6) is 1.05. The van der Waals surface area contributed by atoms with Crippen LogP contribution in [-0.2, 0) is 9.47 Å². The molecule has 3 unspecified atom stereocenters. The molecular weight excluding hydrogens is 192 g/mol. The Labute approximate surface area is 91.1 Å². The third kappa shape index (κ3) is 1.72. The van der Waals surface area contributed by atoms with Gasteiger partial charge in [-0.25, -0.2) is 4.79 Å². The SMILES string of the molecule is CC[C@@H]1CC2OC(=O)OC2C1C(C)(C)C. The highest BCUT2D eigenvalue weighted by Crippen LogP contribution is 2.49. The first-order valence-electron chi connectivity index (χ1n) is 5.80. The van der Waals surface area contributed by atoms with Crippen molar-refractivity contribution in [1.29, 1.82) is 0 Å². The van der Waals surface area contributed by atoms with E-state index in [1.165, 1.54) is 0 Å². The highest BCUT2D eigenvalue weighted by atomic mass is 16.8. The van der Waals surface area contributed by atoms with Crippen LogP contribution in [0.5, 0.6) is 0 Å². The van der Waals surface area contributed by atoms with Crippen molar-refractivity contribution < 1.29 is 14.3 Å². The number of hydrogen-bond acceptors (Lipinski definition) is 3. The molecule has 2 rings (SSSR count). The van der Waals surface area contributed by atoms with Crippen LogP contribution >= 0.6 is 0 Å². The molecule has 4 atom stereocenters. The zero-order valence-corrected chi connectivity index (χ0v) is 9.95. The summed E-state index contributed by atoms with van der Waals surface area (Å²) in [6.45, 7) is 8.85. The topological polar surface area (TPSA) is 35.5 Å². The molecule has 0 spiro atoms. The summed E-state index contributed by atoms with van der Waals surface area (Å²) in [5.41, 5.74) is 0.175. The molecular formula is C12H20O3. The lowest BCUT2D eigenvalue weighted by atomic mass is 9.73. The third-order valence-corrected chi connectivity index (χ3v) is 3.77. The molecule has 86 valence electrons. The number of fused-ring (bicyclic) bond motifs is 1. The van der Waals surface area contributed by atoms with Crippen molar-refractivity contribution in [2.75, 3.05) is 0 Å². The van der Waals surface area contributed by atoms with Crippen molar-refractivity contribution in [3.05, 3.63) is 0 Å². The molecule has 3 heteroatoms. The zero-order valence-electron chi connectivity index (χ0n) is 9.95. The Kier molecular flexibility index (Phi) is 2.44. The molecule has 1 aliphatic carbocycles. The van der Waals surface area contributed by atoms with Crippen molar-refractivity contribution >= 4 is 6.16 Å². The first-order valence-corrected chi connectivity index (χ1v) is 5.80. The van der Waals surface area contributed by atoms with Gasteiger partial charge in [0.2, 0.25) is 0 Å². The van der Waals surface area contributed by atoms with E-state index in [1.807, 2.05) is 0 Å². The first kappa shape index (κ1) is 10.8. The van der Waals surface area contributed by atoms with Crippen LogP contribution in [0.25, 0.3) is 0 Å². The van der Waals surface area contributed by atoms with Crippen LogP contribution in [0.2, 0.25) is 0 Å². The summed E-state index contributed by atoms with van der Waals surface area (Å²) in [6, 6.07) is 0. The monoisotopic (exact) mass is 212 g/mol. The minimum absolute atomic E-state index is 0.00618. The van der Waals surface area contributed by atoms with E-state index < -0.39 is 6.16 Å². The van der Waals surface area contributed by atoms with Gasteiger partial charge in [-0.05, 0) is 17.8 Å². The average Bonchev–Trinajstić information content (AvgIpc) is 2.56. The van der Waals surface area contributed by atoms with Crippen LogP contribution in [-0.4, -0.2) is 18.4 Å². The van der Waals surface area contributed by atoms with Gasteiger partial charge in [0.05, 0.1) is 0 Å². The van der Waals surface area contributed by atoms with E-state index in [2.05, 4.69) is 27.7 Å². The number of hydrogen-bond donors (Lipinski definition) is 0. The second kappa shape index (κ2) is 3.39. The van der Waals surface area contributed by atoms with E-state index in [-0.39, 0.29) is 17.6 Å². The maximum Gasteiger partial charge on any atom is 0.509 e. The molecule has 0 aromatic heterocycles. The van der Waals surface area contributed by atoms with Crippen molar-refractivity contribution in [3.8, 4) is 0 Å². The molecule has 0 aromatic rings. The lowest BCUT2D eigenvalue weighted by molar-refractivity contribution is 0.0415. The van der Waals surface area contributed by atoms with Crippen LogP contribution in [0.4, 0.5) is 4.79 Å². The highest BCUT2D eigenvalue weighted by Gasteiger charge is 2.54. The van der Waals surface area contributed by atoms with E-state index in [1.54, 1.807) is 0 Å². The summed E-state index contributed by atoms with van der Waals surface area (Å²) in [5, 5.41) is 0. The smallest absolute Gasteiger partial charge is 0.427 e. The first-order chi connectivity index (χ1) is 6.93. The Morgan fingerprint density at radius 2 is 2.00 bits per heavy atom. The maximum absolute atomic E-state index is 11.1. The minimum Gasteiger partial charge on any atom is -0.427 e. The van der Waals surface area contributed by atoms with Gasteiger partial charge < -0.3 is 9.47 Å². The normalized spacial score (nSPS) is 39.9. The Morgan fingerprint density at radius 1 is 1.33 bits per heavy atom. The molecule has 0 radical (unpaired) electrons. The van der Waals surface area contributed by atoms with Crippen LogP contribution in [0, 0.1) is 17.3 Å². The fraction of sp³-hybridized carbons (Fsp3) is 0.917. The van der Waals surface area contributed by atoms with Crippen LogP contribution in [0.15, 0.2) is 0 Å². The number of rotatable bonds is 1. The second-order valence-corrected chi connectivity index (χ2v) is 5.78. The van der Waals surface area contributed by atoms with Gasteiger partial charge in [-0.15, -0.1) is 0 Å². The molecule has 15 heavy (non-hydrogen) atoms. The maximum atomic E-state index is 11.1. The largest absolute Gasteiger partial charge is 0.509 e. The molecule has 1 heterocycles. The van der Waals surface area contributed by atoms with Gasteiger partial charge in [-0.1, -0.05) is 34.1 Å². The predicted octanol–water partition coefficient (Wildman–Crippen LogP) is 2.98. The molecule has 1 aliphatic heterocycles. The summed E-state index contributed by atoms with van der Waals surface area (Å²) in [7, 11) is 0. The second-order valence-electron chi connectivity index (χ2n) is 5.78. The molecule has 0 bridgehead atoms. The molecule has 0 amide bonds. The standard InChI is InChI=1S/C12H20O3/c1-5-7-6-8-10(15-11(13)14-8)9(7)12(2,3)4/h7-10H,5-6H2,1-4H3/t7-,8?,9?,10?/m1/s1. The summed E-state index contributed by atoms with van der Waals surface area (Å²) in [4.78, 5) is 11.1. The van der Waals surface area contributed by atoms with Crippen molar-refractivity contribution in [1.82, 2.24) is 0 Å². The van der Waals surface area contributed by atoms with Gasteiger partial charge in [-0.2, -0.15) is 0 Å². The van der Waals surface area contributed by atoms with Crippen molar-refractivity contribution in [2.45, 2.75) is 52.7 Å². The molecule has 1 saturated heterocycles. The van der Waals surface area contributed by atoms with Gasteiger partial charge in [0.15, 0.2) is 0 Å². The Hall–Kier alpha value is -0.730. The van der Waals surface area contributed by atoms with Crippen molar-refractivity contribution in [2.24, 2.45) is 17.3 Å². The minimum atomic E-state index is -0.478. The third-order valence-electron chi connectivity index (χ3n) is 3.77. The number of carbonyl (C=O) groups excluding carboxylic acids is 1. The lowest BCUT2D eigenvalue weighted by Gasteiger charge is -2.34. The van der Waals surface area contributed by atoms with Crippen LogP contribution in [0.1, 0.15) is 40.5 Å². The van der Waals surface area contributed by atoms with Gasteiger partial charge in [0.25, 0.3) is 0 Å². The molecule has 2 fully saturated rings. The van der Waals surface area contributed by atoms with E-state index in [0.717, 1.165) is 12.8 Å². The molecule has 2 aliphatic rings. The molecule has 0 aromatic carbocycles. The zero-order chi connectivity index (χ0) is 11.2. The van der Waals surface area contributed by atoms with Gasteiger partial charge in [-0.3, -0.25) is 0 Å². The van der Waals surface area contributed by atoms with Gasteiger partial charge >= 0.3 is 6.16 Å². The Bertz CT molecular complexity index is 267. The highest BCUT2D eigenvalue weighted by molar-refractivity contribution is 5.63. The van der Waals surface area contributed by atoms with Gasteiger partial charge in [0.1, 0.15) is 12.2 Å². The molecule has 1 saturated carbocycles. The van der Waals surface area contributed by atoms with Crippen molar-refractivity contribution in [3.63, 3.8) is 0 Å². The quantitative estimate of drug-likeness (QED) is 0.627. The Morgan fingerprint density at radius 3 is 2.53 bits per heavy atom. The molecule has 0 N–H and O–H groups in total. The van der Waals surface area contributed by atoms with Crippen LogP contribution < -0.4 is 0 Å². The Balaban J connectivity index is 2.21. The van der Waals surface area contributed by atoms with E-state index in [0.29, 0.717) is 11.8 Å². The summed E-state index contributed by atoms with van der Waals surface area (Å²) < 4.78 is 10.5. The predicted molar refractivity (Wildman–Crippen MR) is 56.5 cm³/mol. The summed E-state index contributed by atoms with van der Waals surface area (Å²) in [6.07, 6.45) is 1.62. The fourth-order valence-corrected chi connectivity index (χ4v) is 3.23. The lowest BCUT2D eigenvalue weighted by Crippen LogP contribution is -2.34. The van der Waals surface area contributed by atoms with E-state index in [4.69, 9.17) is 9.47 Å². The number of carbonyl (C=O) groups is 1. The summed E-state index contributed by atoms with van der Waals surface area (Å²) >= 11 is 0.